The second kappa shape index (κ2) is 16.7. The van der Waals surface area contributed by atoms with Crippen LogP contribution in [0.3, 0.4) is 0 Å². The number of fused-ring (bicyclic) bond motifs is 7. The van der Waals surface area contributed by atoms with Crippen LogP contribution in [-0.4, -0.2) is 0 Å². The van der Waals surface area contributed by atoms with Crippen molar-refractivity contribution in [3.05, 3.63) is 169 Å². The highest BCUT2D eigenvalue weighted by Crippen LogP contribution is 2.50. The van der Waals surface area contributed by atoms with Crippen molar-refractivity contribution in [1.82, 2.24) is 0 Å². The third-order valence-electron chi connectivity index (χ3n) is 12.6. The molecular formula is C58H52O2. The van der Waals surface area contributed by atoms with Crippen LogP contribution in [-0.2, 0) is 12.8 Å². The van der Waals surface area contributed by atoms with Gasteiger partial charge >= 0.3 is 0 Å². The Hall–Kier alpha value is -6.38. The minimum absolute atomic E-state index is 0.921. The number of furan rings is 2. The summed E-state index contributed by atoms with van der Waals surface area (Å²) < 4.78 is 14.9. The average molecular weight is 781 g/mol. The number of rotatable bonds is 14. The van der Waals surface area contributed by atoms with Gasteiger partial charge in [-0.15, -0.1) is 0 Å². The van der Waals surface area contributed by atoms with Crippen LogP contribution >= 0.6 is 0 Å². The number of aryl methyl sites for hydroxylation is 2. The first-order valence-electron chi connectivity index (χ1n) is 22.3. The maximum atomic E-state index is 7.43. The van der Waals surface area contributed by atoms with Gasteiger partial charge in [0.2, 0.25) is 0 Å². The number of hydrogen-bond acceptors (Lipinski definition) is 2. The summed E-state index contributed by atoms with van der Waals surface area (Å²) in [4.78, 5) is 0. The van der Waals surface area contributed by atoms with Crippen LogP contribution in [0.1, 0.15) is 76.3 Å². The van der Waals surface area contributed by atoms with E-state index >= 15 is 0 Å². The van der Waals surface area contributed by atoms with E-state index in [1.54, 1.807) is 0 Å². The Balaban J connectivity index is 1.33. The molecule has 0 fully saturated rings. The molecule has 8 aromatic carbocycles. The molecule has 0 aliphatic rings. The summed E-state index contributed by atoms with van der Waals surface area (Å²) in [6, 6.07) is 57.5. The maximum Gasteiger partial charge on any atom is 0.143 e. The van der Waals surface area contributed by atoms with Crippen LogP contribution in [0.4, 0.5) is 0 Å². The van der Waals surface area contributed by atoms with Gasteiger partial charge in [-0.05, 0) is 93.7 Å². The Morgan fingerprint density at radius 3 is 1.17 bits per heavy atom. The minimum Gasteiger partial charge on any atom is -0.455 e. The fourth-order valence-corrected chi connectivity index (χ4v) is 9.60. The zero-order valence-electron chi connectivity index (χ0n) is 34.9. The van der Waals surface area contributed by atoms with Crippen LogP contribution in [0.5, 0.6) is 0 Å². The minimum atomic E-state index is 0.921. The van der Waals surface area contributed by atoms with E-state index in [4.69, 9.17) is 8.83 Å². The Morgan fingerprint density at radius 2 is 0.750 bits per heavy atom. The lowest BCUT2D eigenvalue weighted by atomic mass is 9.88. The third kappa shape index (κ3) is 6.98. The smallest absolute Gasteiger partial charge is 0.143 e. The van der Waals surface area contributed by atoms with E-state index in [9.17, 15) is 0 Å². The lowest BCUT2D eigenvalue weighted by molar-refractivity contribution is 0.630. The van der Waals surface area contributed by atoms with Crippen molar-refractivity contribution in [3.8, 4) is 44.9 Å². The van der Waals surface area contributed by atoms with Gasteiger partial charge in [-0.3, -0.25) is 0 Å². The van der Waals surface area contributed by atoms with E-state index < -0.39 is 0 Å². The normalized spacial score (nSPS) is 11.8. The highest BCUT2D eigenvalue weighted by molar-refractivity contribution is 6.23. The molecule has 0 radical (unpaired) electrons. The molecule has 0 amide bonds. The highest BCUT2D eigenvalue weighted by atomic mass is 16.3. The van der Waals surface area contributed by atoms with Gasteiger partial charge < -0.3 is 8.83 Å². The first-order chi connectivity index (χ1) is 29.7. The summed E-state index contributed by atoms with van der Waals surface area (Å²) in [6.45, 7) is 4.59. The first kappa shape index (κ1) is 37.9. The third-order valence-corrected chi connectivity index (χ3v) is 12.6. The van der Waals surface area contributed by atoms with Crippen molar-refractivity contribution < 1.29 is 8.83 Å². The second-order valence-electron chi connectivity index (χ2n) is 16.7. The summed E-state index contributed by atoms with van der Waals surface area (Å²) in [7, 11) is 0. The Kier molecular flexibility index (Phi) is 10.5. The van der Waals surface area contributed by atoms with Crippen molar-refractivity contribution >= 4 is 54.3 Å². The van der Waals surface area contributed by atoms with Gasteiger partial charge in [0.1, 0.15) is 22.7 Å². The molecule has 2 nitrogen and oxygen atoms in total. The summed E-state index contributed by atoms with van der Waals surface area (Å²) in [5.74, 6) is 1.84. The molecule has 2 aromatic heterocycles. The van der Waals surface area contributed by atoms with Gasteiger partial charge in [-0.25, -0.2) is 0 Å². The Bertz CT molecular complexity index is 2900. The van der Waals surface area contributed by atoms with Gasteiger partial charge in [0, 0.05) is 43.8 Å². The molecule has 10 rings (SSSR count). The Labute approximate surface area is 353 Å². The van der Waals surface area contributed by atoms with Crippen molar-refractivity contribution in [2.24, 2.45) is 0 Å². The van der Waals surface area contributed by atoms with E-state index in [2.05, 4.69) is 172 Å². The van der Waals surface area contributed by atoms with Crippen LogP contribution in [0, 0.1) is 0 Å². The molecule has 0 bridgehead atoms. The largest absolute Gasteiger partial charge is 0.455 e. The SMILES string of the molecule is CCCCCCc1cc2c(-c3ccccc3)c(-c3ccc4ccccc4c3)oc2c2c(CCCCCC)cc3c(-c4ccccc4)c(-c4ccc5ccccc5c4)oc3c12. The zero-order valence-corrected chi connectivity index (χ0v) is 34.9. The fraction of sp³-hybridized carbons (Fsp3) is 0.207. The molecule has 296 valence electrons. The molecule has 0 N–H and O–H groups in total. The monoisotopic (exact) mass is 780 g/mol. The number of unbranched alkanes of at least 4 members (excludes halogenated alkanes) is 6. The zero-order chi connectivity index (χ0) is 40.4. The van der Waals surface area contributed by atoms with E-state index in [0.29, 0.717) is 0 Å². The molecule has 0 saturated carbocycles. The van der Waals surface area contributed by atoms with Gasteiger partial charge in [0.05, 0.1) is 0 Å². The Morgan fingerprint density at radius 1 is 0.350 bits per heavy atom. The van der Waals surface area contributed by atoms with Crippen molar-refractivity contribution in [1.29, 1.82) is 0 Å². The van der Waals surface area contributed by atoms with Gasteiger partial charge in [0.15, 0.2) is 0 Å². The van der Waals surface area contributed by atoms with Gasteiger partial charge in [0.25, 0.3) is 0 Å². The molecule has 0 unspecified atom stereocenters. The molecule has 10 aromatic rings. The van der Waals surface area contributed by atoms with Gasteiger partial charge in [-0.1, -0.05) is 186 Å². The van der Waals surface area contributed by atoms with E-state index in [1.807, 2.05) is 0 Å². The molecule has 0 saturated heterocycles. The summed E-state index contributed by atoms with van der Waals surface area (Å²) in [5.41, 5.74) is 11.5. The second-order valence-corrected chi connectivity index (χ2v) is 16.7. The lowest BCUT2D eigenvalue weighted by Gasteiger charge is -2.14. The fourth-order valence-electron chi connectivity index (χ4n) is 9.60. The molecule has 2 heteroatoms. The van der Waals surface area contributed by atoms with Crippen LogP contribution in [0.15, 0.2) is 167 Å². The van der Waals surface area contributed by atoms with Gasteiger partial charge in [-0.2, -0.15) is 0 Å². The van der Waals surface area contributed by atoms with E-state index in [1.165, 1.54) is 104 Å². The number of benzene rings is 8. The molecular weight excluding hydrogens is 729 g/mol. The lowest BCUT2D eigenvalue weighted by Crippen LogP contribution is -1.95. The van der Waals surface area contributed by atoms with Crippen LogP contribution < -0.4 is 0 Å². The van der Waals surface area contributed by atoms with Crippen molar-refractivity contribution in [2.45, 2.75) is 78.1 Å². The quantitative estimate of drug-likeness (QED) is 0.103. The van der Waals surface area contributed by atoms with Crippen LogP contribution in [0.25, 0.3) is 99.2 Å². The number of hydrogen-bond donors (Lipinski definition) is 0. The molecule has 60 heavy (non-hydrogen) atoms. The van der Waals surface area contributed by atoms with E-state index in [0.717, 1.165) is 70.6 Å². The topological polar surface area (TPSA) is 26.3 Å². The molecule has 2 heterocycles. The summed E-state index contributed by atoms with van der Waals surface area (Å²) in [6.07, 6.45) is 11.5. The average Bonchev–Trinajstić information content (AvgIpc) is 3.88. The molecule has 0 aliphatic carbocycles. The predicted molar refractivity (Wildman–Crippen MR) is 256 cm³/mol. The standard InChI is InChI=1S/C58H52O2/c1-3-5-7-11-29-45-37-49-51(41-23-13-9-14-24-41)55(47-33-31-39-21-17-19-27-43(39)35-47)60-58(49)54-46(30-12-8-6-4-2)38-50-52(42-25-15-10-16-26-42)56(59-57(50)53(45)54)48-34-32-40-22-18-20-28-44(40)36-48/h9-10,13-28,31-38H,3-8,11-12,29-30H2,1-2H3. The van der Waals surface area contributed by atoms with Crippen molar-refractivity contribution in [2.75, 3.05) is 0 Å². The molecule has 0 spiro atoms. The maximum absolute atomic E-state index is 7.43. The van der Waals surface area contributed by atoms with Crippen molar-refractivity contribution in [3.63, 3.8) is 0 Å². The predicted octanol–water partition coefficient (Wildman–Crippen LogP) is 17.6. The van der Waals surface area contributed by atoms with E-state index in [-0.39, 0.29) is 0 Å². The summed E-state index contributed by atoms with van der Waals surface area (Å²) >= 11 is 0. The molecule has 0 aliphatic heterocycles. The first-order valence-corrected chi connectivity index (χ1v) is 22.3. The summed E-state index contributed by atoms with van der Waals surface area (Å²) in [5, 5.41) is 9.66. The molecule has 0 atom stereocenters. The van der Waals surface area contributed by atoms with Crippen LogP contribution in [0.2, 0.25) is 0 Å². The highest BCUT2D eigenvalue weighted by Gasteiger charge is 2.28.